The highest BCUT2D eigenvalue weighted by Gasteiger charge is 2.24. The van der Waals surface area contributed by atoms with Gasteiger partial charge in [-0.3, -0.25) is 0 Å². The SMILES string of the molecule is Brc1cc(OCC2CO2)c(Br)c(Br)c1Br. The minimum absolute atomic E-state index is 0.262. The third-order valence-corrected chi connectivity index (χ3v) is 6.52. The molecular weight excluding hydrogens is 460 g/mol. The molecule has 0 bridgehead atoms. The Morgan fingerprint density at radius 2 is 1.87 bits per heavy atom. The Kier molecular flexibility index (Phi) is 4.15. The molecular formula is C9H6Br4O2. The fourth-order valence-electron chi connectivity index (χ4n) is 1.00. The van der Waals surface area contributed by atoms with Crippen LogP contribution in [0, 0.1) is 0 Å². The second kappa shape index (κ2) is 5.04. The van der Waals surface area contributed by atoms with Gasteiger partial charge in [-0.25, -0.2) is 0 Å². The molecule has 1 fully saturated rings. The fraction of sp³-hybridized carbons (Fsp3) is 0.333. The van der Waals surface area contributed by atoms with Crippen LogP contribution in [0.3, 0.4) is 0 Å². The van der Waals surface area contributed by atoms with Gasteiger partial charge in [0.15, 0.2) is 0 Å². The van der Waals surface area contributed by atoms with E-state index in [1.165, 1.54) is 0 Å². The highest BCUT2D eigenvalue weighted by molar-refractivity contribution is 9.15. The van der Waals surface area contributed by atoms with Crippen LogP contribution in [0.15, 0.2) is 24.0 Å². The molecule has 82 valence electrons. The number of hydrogen-bond donors (Lipinski definition) is 0. The fourth-order valence-corrected chi connectivity index (χ4v) is 3.09. The van der Waals surface area contributed by atoms with Crippen LogP contribution in [0.2, 0.25) is 0 Å². The number of halogens is 4. The van der Waals surface area contributed by atoms with E-state index in [0.717, 1.165) is 30.2 Å². The van der Waals surface area contributed by atoms with Crippen molar-refractivity contribution in [2.75, 3.05) is 13.2 Å². The van der Waals surface area contributed by atoms with E-state index in [9.17, 15) is 0 Å². The summed E-state index contributed by atoms with van der Waals surface area (Å²) >= 11 is 13.8. The van der Waals surface area contributed by atoms with E-state index >= 15 is 0 Å². The van der Waals surface area contributed by atoms with E-state index in [0.29, 0.717) is 6.61 Å². The van der Waals surface area contributed by atoms with Crippen molar-refractivity contribution in [3.05, 3.63) is 24.0 Å². The zero-order valence-electron chi connectivity index (χ0n) is 7.40. The molecule has 1 aliphatic rings. The lowest BCUT2D eigenvalue weighted by Gasteiger charge is -2.10. The zero-order valence-corrected chi connectivity index (χ0v) is 13.7. The number of ether oxygens (including phenoxy) is 2. The Balaban J connectivity index is 2.21. The summed E-state index contributed by atoms with van der Waals surface area (Å²) in [5.74, 6) is 0.799. The predicted molar refractivity (Wildman–Crippen MR) is 72.5 cm³/mol. The average Bonchev–Trinajstić information content (AvgIpc) is 3.02. The molecule has 0 spiro atoms. The first-order chi connectivity index (χ1) is 7.09. The van der Waals surface area contributed by atoms with Crippen molar-refractivity contribution >= 4 is 63.7 Å². The van der Waals surface area contributed by atoms with E-state index in [2.05, 4.69) is 63.7 Å². The summed E-state index contributed by atoms with van der Waals surface area (Å²) in [4.78, 5) is 0. The second-order valence-corrected chi connectivity index (χ2v) is 6.30. The first kappa shape index (κ1) is 12.4. The molecule has 0 aliphatic carbocycles. The lowest BCUT2D eigenvalue weighted by molar-refractivity contribution is 0.261. The van der Waals surface area contributed by atoms with Crippen molar-refractivity contribution in [1.29, 1.82) is 0 Å². The van der Waals surface area contributed by atoms with E-state index < -0.39 is 0 Å². The predicted octanol–water partition coefficient (Wildman–Crippen LogP) is 4.51. The smallest absolute Gasteiger partial charge is 0.135 e. The molecule has 1 saturated heterocycles. The molecule has 1 atom stereocenters. The summed E-state index contributed by atoms with van der Waals surface area (Å²) in [6.45, 7) is 1.40. The molecule has 0 saturated carbocycles. The van der Waals surface area contributed by atoms with Gasteiger partial charge in [0.25, 0.3) is 0 Å². The van der Waals surface area contributed by atoms with Gasteiger partial charge in [-0.1, -0.05) is 0 Å². The number of rotatable bonds is 3. The van der Waals surface area contributed by atoms with Gasteiger partial charge in [-0.2, -0.15) is 0 Å². The van der Waals surface area contributed by atoms with Crippen molar-refractivity contribution in [2.45, 2.75) is 6.10 Å². The van der Waals surface area contributed by atoms with Crippen molar-refractivity contribution in [2.24, 2.45) is 0 Å². The van der Waals surface area contributed by atoms with E-state index in [1.54, 1.807) is 0 Å². The average molecular weight is 466 g/mol. The standard InChI is InChI=1S/C9H6Br4O2/c10-5-1-6(15-3-4-2-14-4)8(12)9(13)7(5)11/h1,4H,2-3H2. The van der Waals surface area contributed by atoms with Gasteiger partial charge in [0.1, 0.15) is 18.5 Å². The first-order valence-electron chi connectivity index (χ1n) is 4.17. The highest BCUT2D eigenvalue weighted by atomic mass is 79.9. The van der Waals surface area contributed by atoms with Crippen LogP contribution in [0.5, 0.6) is 5.75 Å². The van der Waals surface area contributed by atoms with Crippen LogP contribution in [0.1, 0.15) is 0 Å². The topological polar surface area (TPSA) is 21.8 Å². The second-order valence-electron chi connectivity index (χ2n) is 3.06. The number of hydrogen-bond acceptors (Lipinski definition) is 2. The summed E-state index contributed by atoms with van der Waals surface area (Å²) in [5.41, 5.74) is 0. The number of epoxide rings is 1. The molecule has 2 nitrogen and oxygen atoms in total. The van der Waals surface area contributed by atoms with Gasteiger partial charge >= 0.3 is 0 Å². The molecule has 6 heteroatoms. The van der Waals surface area contributed by atoms with Gasteiger partial charge in [0.2, 0.25) is 0 Å². The van der Waals surface area contributed by atoms with Gasteiger partial charge in [-0.05, 0) is 69.8 Å². The van der Waals surface area contributed by atoms with Crippen molar-refractivity contribution in [3.63, 3.8) is 0 Å². The van der Waals surface area contributed by atoms with E-state index in [4.69, 9.17) is 9.47 Å². The zero-order chi connectivity index (χ0) is 11.0. The van der Waals surface area contributed by atoms with Crippen LogP contribution < -0.4 is 4.74 Å². The van der Waals surface area contributed by atoms with Crippen LogP contribution in [-0.2, 0) is 4.74 Å². The molecule has 0 N–H and O–H groups in total. The Hall–Kier alpha value is 0.900. The van der Waals surface area contributed by atoms with Crippen molar-refractivity contribution < 1.29 is 9.47 Å². The molecule has 1 aromatic rings. The molecule has 0 radical (unpaired) electrons. The van der Waals surface area contributed by atoms with E-state index in [-0.39, 0.29) is 6.10 Å². The Labute approximate surface area is 121 Å². The summed E-state index contributed by atoms with van der Waals surface area (Å²) in [6, 6.07) is 1.92. The molecule has 0 aromatic heterocycles. The minimum atomic E-state index is 0.262. The molecule has 2 rings (SSSR count). The number of benzene rings is 1. The molecule has 1 aliphatic heterocycles. The molecule has 15 heavy (non-hydrogen) atoms. The molecule has 1 aromatic carbocycles. The largest absolute Gasteiger partial charge is 0.490 e. The first-order valence-corrected chi connectivity index (χ1v) is 7.34. The maximum Gasteiger partial charge on any atom is 0.135 e. The van der Waals surface area contributed by atoms with Crippen LogP contribution >= 0.6 is 63.7 Å². The highest BCUT2D eigenvalue weighted by Crippen LogP contribution is 2.42. The van der Waals surface area contributed by atoms with Crippen LogP contribution in [0.25, 0.3) is 0 Å². The normalized spacial score (nSPS) is 19.1. The quantitative estimate of drug-likeness (QED) is 0.372. The van der Waals surface area contributed by atoms with Crippen LogP contribution in [-0.4, -0.2) is 19.3 Å². The third kappa shape index (κ3) is 2.97. The molecule has 0 amide bonds. The summed E-state index contributed by atoms with van der Waals surface area (Å²) in [7, 11) is 0. The maximum atomic E-state index is 5.62. The van der Waals surface area contributed by atoms with Gasteiger partial charge < -0.3 is 9.47 Å². The lowest BCUT2D eigenvalue weighted by atomic mass is 10.3. The van der Waals surface area contributed by atoms with Crippen LogP contribution in [0.4, 0.5) is 0 Å². The summed E-state index contributed by atoms with van der Waals surface area (Å²) < 4.78 is 14.5. The Morgan fingerprint density at radius 3 is 2.47 bits per heavy atom. The van der Waals surface area contributed by atoms with Gasteiger partial charge in [-0.15, -0.1) is 0 Å². The molecule has 1 heterocycles. The molecule has 1 unspecified atom stereocenters. The Morgan fingerprint density at radius 1 is 1.20 bits per heavy atom. The maximum absolute atomic E-state index is 5.62. The van der Waals surface area contributed by atoms with Crippen molar-refractivity contribution in [1.82, 2.24) is 0 Å². The van der Waals surface area contributed by atoms with Crippen molar-refractivity contribution in [3.8, 4) is 5.75 Å². The summed E-state index contributed by atoms with van der Waals surface area (Å²) in [6.07, 6.45) is 0.262. The van der Waals surface area contributed by atoms with E-state index in [1.807, 2.05) is 6.07 Å². The monoisotopic (exact) mass is 462 g/mol. The Bertz CT molecular complexity index is 390. The van der Waals surface area contributed by atoms with Gasteiger partial charge in [0.05, 0.1) is 15.6 Å². The third-order valence-electron chi connectivity index (χ3n) is 1.90. The minimum Gasteiger partial charge on any atom is -0.490 e. The van der Waals surface area contributed by atoms with Gasteiger partial charge in [0, 0.05) is 8.95 Å². The summed E-state index contributed by atoms with van der Waals surface area (Å²) in [5, 5.41) is 0. The lowest BCUT2D eigenvalue weighted by Crippen LogP contribution is -2.04.